The average molecular weight is 794 g/mol. The summed E-state index contributed by atoms with van der Waals surface area (Å²) in [6, 6.07) is 7.52. The van der Waals surface area contributed by atoms with Crippen molar-refractivity contribution in [2.45, 2.75) is 142 Å². The number of aromatic nitrogens is 2. The lowest BCUT2D eigenvalue weighted by Crippen LogP contribution is -2.50. The largest absolute Gasteiger partial charge is 0.543 e. The summed E-state index contributed by atoms with van der Waals surface area (Å²) in [5.74, 6) is 1.05. The minimum atomic E-state index is -2.58. The fourth-order valence-corrected chi connectivity index (χ4v) is 20.4. The van der Waals surface area contributed by atoms with Crippen LogP contribution in [-0.4, -0.2) is 50.2 Å². The summed E-state index contributed by atoms with van der Waals surface area (Å²) in [5, 5.41) is 11.6. The van der Waals surface area contributed by atoms with Crippen LogP contribution in [0.25, 0.3) is 32.8 Å². The Morgan fingerprint density at radius 3 is 1.95 bits per heavy atom. The van der Waals surface area contributed by atoms with Crippen molar-refractivity contribution in [2.24, 2.45) is 0 Å². The molecule has 1 N–H and O–H groups in total. The van der Waals surface area contributed by atoms with Gasteiger partial charge in [-0.25, -0.2) is 13.2 Å². The quantitative estimate of drug-likeness (QED) is 0.0750. The highest BCUT2D eigenvalue weighted by Crippen LogP contribution is 2.47. The van der Waals surface area contributed by atoms with E-state index in [1.54, 1.807) is 24.0 Å². The Labute approximate surface area is 327 Å². The van der Waals surface area contributed by atoms with Gasteiger partial charge in [0.05, 0.1) is 16.7 Å². The molecular formula is C44H59F4N3O2Si2. The molecule has 0 unspecified atom stereocenters. The number of anilines is 1. The lowest BCUT2D eigenvalue weighted by molar-refractivity contribution is 0.0447. The first-order valence-electron chi connectivity index (χ1n) is 19.9. The van der Waals surface area contributed by atoms with E-state index in [0.29, 0.717) is 30.5 Å². The van der Waals surface area contributed by atoms with Crippen molar-refractivity contribution in [3.05, 3.63) is 59.4 Å². The smallest absolute Gasteiger partial charge is 0.311 e. The molecule has 5 nitrogen and oxygen atoms in total. The van der Waals surface area contributed by atoms with Crippen molar-refractivity contribution in [3.8, 4) is 28.3 Å². The summed E-state index contributed by atoms with van der Waals surface area (Å²) < 4.78 is 72.9. The summed E-state index contributed by atoms with van der Waals surface area (Å²) in [5.41, 5.74) is 3.15. The lowest BCUT2D eigenvalue weighted by atomic mass is 9.92. The van der Waals surface area contributed by atoms with Crippen molar-refractivity contribution in [2.75, 3.05) is 18.0 Å². The number of piperidine rings is 1. The minimum absolute atomic E-state index is 0.00491. The van der Waals surface area contributed by atoms with Crippen molar-refractivity contribution in [1.82, 2.24) is 9.97 Å². The van der Waals surface area contributed by atoms with Gasteiger partial charge in [0.15, 0.2) is 5.82 Å². The molecule has 3 aromatic carbocycles. The van der Waals surface area contributed by atoms with E-state index in [0.717, 1.165) is 6.07 Å². The highest BCUT2D eigenvalue weighted by atomic mass is 28.4. The first-order valence-corrected chi connectivity index (χ1v) is 24.3. The summed E-state index contributed by atoms with van der Waals surface area (Å²) >= 11 is 0. The van der Waals surface area contributed by atoms with E-state index in [-0.39, 0.29) is 67.5 Å². The van der Waals surface area contributed by atoms with Crippen molar-refractivity contribution in [1.29, 1.82) is 0 Å². The third-order valence-corrected chi connectivity index (χ3v) is 24.7. The van der Waals surface area contributed by atoms with Gasteiger partial charge >= 0.3 is 6.08 Å². The maximum absolute atomic E-state index is 17.3. The molecule has 11 heteroatoms. The van der Waals surface area contributed by atoms with Crippen LogP contribution in [-0.2, 0) is 0 Å². The molecule has 1 saturated heterocycles. The maximum atomic E-state index is 17.3. The summed E-state index contributed by atoms with van der Waals surface area (Å²) in [4.78, 5) is 9.48. The number of nitrogens with zero attached hydrogens (tertiary/aromatic N) is 3. The van der Waals surface area contributed by atoms with Gasteiger partial charge in [0.1, 0.15) is 36.8 Å². The van der Waals surface area contributed by atoms with Gasteiger partial charge < -0.3 is 14.4 Å². The number of β-amino-alcohol motifs (C(OH)–C–C–N with tert-alkyl or cyclic N) is 1. The molecule has 298 valence electrons. The van der Waals surface area contributed by atoms with E-state index in [9.17, 15) is 5.11 Å². The normalized spacial score (nSPS) is 17.1. The minimum Gasteiger partial charge on any atom is -0.543 e. The van der Waals surface area contributed by atoms with Gasteiger partial charge in [0, 0.05) is 29.4 Å². The molecule has 1 fully saturated rings. The fraction of sp³-hybridized carbons (Fsp3) is 0.545. The SMILES string of the molecule is CC(C)[Si](C#Cc1c(F)ccc2cc(O[Si](C(C)C)(C(C)C)C(C)C)cc(-c3c(F)cc4c(N5CCC[C@@](C)(O)C5)nc(F)nc4c3F)c12)(C(C)C)C(C)C. The van der Waals surface area contributed by atoms with Crippen LogP contribution in [0.5, 0.6) is 5.75 Å². The third-order valence-electron chi connectivity index (χ3n) is 12.4. The van der Waals surface area contributed by atoms with Crippen LogP contribution in [0.1, 0.15) is 108 Å². The second-order valence-electron chi connectivity index (χ2n) is 17.8. The van der Waals surface area contributed by atoms with Gasteiger partial charge in [0.25, 0.3) is 8.32 Å². The second-order valence-corrected chi connectivity index (χ2v) is 28.8. The summed E-state index contributed by atoms with van der Waals surface area (Å²) in [7, 11) is -4.95. The number of hydrogen-bond acceptors (Lipinski definition) is 5. The zero-order valence-electron chi connectivity index (χ0n) is 34.9. The van der Waals surface area contributed by atoms with Crippen LogP contribution in [0, 0.1) is 35.0 Å². The predicted molar refractivity (Wildman–Crippen MR) is 224 cm³/mol. The Kier molecular flexibility index (Phi) is 12.3. The van der Waals surface area contributed by atoms with Gasteiger partial charge in [-0.05, 0) is 82.7 Å². The highest BCUT2D eigenvalue weighted by Gasteiger charge is 2.47. The lowest BCUT2D eigenvalue weighted by Gasteiger charge is -2.42. The van der Waals surface area contributed by atoms with Crippen LogP contribution < -0.4 is 9.33 Å². The van der Waals surface area contributed by atoms with E-state index >= 15 is 17.6 Å². The van der Waals surface area contributed by atoms with Gasteiger partial charge in [-0.3, -0.25) is 0 Å². The summed E-state index contributed by atoms with van der Waals surface area (Å²) in [6.07, 6.45) is -0.0683. The molecule has 4 aromatic rings. The maximum Gasteiger partial charge on any atom is 0.311 e. The standard InChI is InChI=1S/C44H59F4N3O2Si2/c1-25(2)54(26(3)4,27(5)6)20-17-33-36(45)16-15-31-21-32(53-55(28(7)8,29(9)10)30(11)12)22-34(38(31)33)39-37(46)23-35-41(40(39)47)49-43(48)50-42(35)51-19-14-18-44(13,52)24-51/h15-16,21-23,25-30,52H,14,18-19,24H2,1-13H3/t44-/m1/s1. The molecule has 5 rings (SSSR count). The Balaban J connectivity index is 1.91. The Hall–Kier alpha value is -3.47. The van der Waals surface area contributed by atoms with E-state index in [1.165, 1.54) is 6.07 Å². The monoisotopic (exact) mass is 793 g/mol. The zero-order chi connectivity index (χ0) is 40.9. The Morgan fingerprint density at radius 1 is 0.800 bits per heavy atom. The molecule has 0 amide bonds. The topological polar surface area (TPSA) is 58.5 Å². The molecule has 1 atom stereocenters. The first-order chi connectivity index (χ1) is 25.6. The first kappa shape index (κ1) is 42.7. The number of benzene rings is 3. The molecule has 2 heterocycles. The van der Waals surface area contributed by atoms with Crippen LogP contribution >= 0.6 is 0 Å². The van der Waals surface area contributed by atoms with E-state index in [2.05, 4.69) is 105 Å². The molecule has 1 aliphatic heterocycles. The molecule has 1 aromatic heterocycles. The molecule has 0 aliphatic carbocycles. The molecule has 0 saturated carbocycles. The van der Waals surface area contributed by atoms with Crippen LogP contribution in [0.2, 0.25) is 33.2 Å². The Morgan fingerprint density at radius 2 is 1.40 bits per heavy atom. The molecule has 0 radical (unpaired) electrons. The van der Waals surface area contributed by atoms with Crippen LogP contribution in [0.15, 0.2) is 30.3 Å². The zero-order valence-corrected chi connectivity index (χ0v) is 36.9. The van der Waals surface area contributed by atoms with Crippen LogP contribution in [0.4, 0.5) is 23.4 Å². The number of rotatable bonds is 10. The van der Waals surface area contributed by atoms with E-state index in [1.807, 2.05) is 6.07 Å². The highest BCUT2D eigenvalue weighted by molar-refractivity contribution is 6.90. The number of halogens is 4. The van der Waals surface area contributed by atoms with Gasteiger partial charge in [0.2, 0.25) is 0 Å². The van der Waals surface area contributed by atoms with Crippen molar-refractivity contribution in [3.63, 3.8) is 0 Å². The van der Waals surface area contributed by atoms with Gasteiger partial charge in [-0.2, -0.15) is 14.4 Å². The molecular weight excluding hydrogens is 735 g/mol. The molecule has 55 heavy (non-hydrogen) atoms. The van der Waals surface area contributed by atoms with Crippen molar-refractivity contribution >= 4 is 43.9 Å². The fourth-order valence-electron chi connectivity index (χ4n) is 10.00. The van der Waals surface area contributed by atoms with E-state index < -0.39 is 56.6 Å². The number of aliphatic hydroxyl groups is 1. The number of fused-ring (bicyclic) bond motifs is 2. The molecule has 0 bridgehead atoms. The van der Waals surface area contributed by atoms with Gasteiger partial charge in [-0.15, -0.1) is 5.54 Å². The second kappa shape index (κ2) is 15.8. The van der Waals surface area contributed by atoms with Gasteiger partial charge in [-0.1, -0.05) is 95.1 Å². The predicted octanol–water partition coefficient (Wildman–Crippen LogP) is 12.5. The van der Waals surface area contributed by atoms with Crippen molar-refractivity contribution < 1.29 is 27.1 Å². The van der Waals surface area contributed by atoms with Crippen LogP contribution in [0.3, 0.4) is 0 Å². The number of hydrogen-bond donors (Lipinski definition) is 1. The average Bonchev–Trinajstić information content (AvgIpc) is 3.07. The Bertz CT molecular complexity index is 2100. The molecule has 0 spiro atoms. The molecule has 1 aliphatic rings. The third kappa shape index (κ3) is 7.68. The summed E-state index contributed by atoms with van der Waals surface area (Å²) in [6.45, 7) is 28.1. The van der Waals surface area contributed by atoms with E-state index in [4.69, 9.17) is 4.43 Å².